The zero-order valence-corrected chi connectivity index (χ0v) is 20.1. The Morgan fingerprint density at radius 1 is 1.03 bits per heavy atom. The SMILES string of the molecule is COC(=O)c1ccc([C@@H]2CC3(CCN2C(=O)OCc2ccccc2)CC(OS(C)(=O)=O)C3)cc1. The molecule has 2 aromatic rings. The molecule has 0 bridgehead atoms. The average molecular weight is 488 g/mol. The molecular formula is C25H29NO7S. The highest BCUT2D eigenvalue weighted by molar-refractivity contribution is 7.86. The summed E-state index contributed by atoms with van der Waals surface area (Å²) in [6, 6.07) is 16.3. The average Bonchev–Trinajstić information content (AvgIpc) is 2.81. The molecule has 1 amide bonds. The monoisotopic (exact) mass is 487 g/mol. The second-order valence-electron chi connectivity index (χ2n) is 9.15. The van der Waals surface area contributed by atoms with Gasteiger partial charge in [-0.15, -0.1) is 0 Å². The highest BCUT2D eigenvalue weighted by Gasteiger charge is 2.51. The fourth-order valence-electron chi connectivity index (χ4n) is 5.01. The minimum Gasteiger partial charge on any atom is -0.465 e. The van der Waals surface area contributed by atoms with Gasteiger partial charge in [0, 0.05) is 6.54 Å². The van der Waals surface area contributed by atoms with E-state index in [9.17, 15) is 18.0 Å². The topological polar surface area (TPSA) is 99.2 Å². The van der Waals surface area contributed by atoms with Crippen molar-refractivity contribution in [2.75, 3.05) is 19.9 Å². The Balaban J connectivity index is 1.51. The van der Waals surface area contributed by atoms with Crippen molar-refractivity contribution in [3.05, 3.63) is 71.3 Å². The maximum Gasteiger partial charge on any atom is 0.410 e. The van der Waals surface area contributed by atoms with Gasteiger partial charge in [-0.3, -0.25) is 4.18 Å². The molecule has 2 aromatic carbocycles. The van der Waals surface area contributed by atoms with Gasteiger partial charge in [0.05, 0.1) is 31.1 Å². The number of carbonyl (C=O) groups excluding carboxylic acids is 2. The Kier molecular flexibility index (Phi) is 6.95. The molecule has 1 aliphatic heterocycles. The van der Waals surface area contributed by atoms with Crippen LogP contribution in [-0.2, 0) is 30.4 Å². The van der Waals surface area contributed by atoms with Crippen LogP contribution in [-0.4, -0.2) is 51.4 Å². The van der Waals surface area contributed by atoms with E-state index in [0.717, 1.165) is 23.8 Å². The minimum atomic E-state index is -3.51. The Labute approximate surface area is 199 Å². The minimum absolute atomic E-state index is 0.0999. The van der Waals surface area contributed by atoms with Crippen molar-refractivity contribution in [2.24, 2.45) is 5.41 Å². The molecule has 2 aliphatic rings. The summed E-state index contributed by atoms with van der Waals surface area (Å²) >= 11 is 0. The van der Waals surface area contributed by atoms with E-state index < -0.39 is 22.2 Å². The molecule has 4 rings (SSSR count). The first-order chi connectivity index (χ1) is 16.2. The Morgan fingerprint density at radius 3 is 2.32 bits per heavy atom. The molecule has 1 saturated heterocycles. The van der Waals surface area contributed by atoms with Gasteiger partial charge in [-0.05, 0) is 54.4 Å². The third-order valence-corrected chi connectivity index (χ3v) is 7.30. The van der Waals surface area contributed by atoms with E-state index in [4.69, 9.17) is 13.7 Å². The lowest BCUT2D eigenvalue weighted by molar-refractivity contribution is -0.0693. The van der Waals surface area contributed by atoms with Gasteiger partial charge < -0.3 is 14.4 Å². The molecule has 2 fully saturated rings. The lowest BCUT2D eigenvalue weighted by Gasteiger charge is -2.54. The number of esters is 1. The summed E-state index contributed by atoms with van der Waals surface area (Å²) in [5.74, 6) is -0.425. The van der Waals surface area contributed by atoms with Crippen molar-refractivity contribution in [3.63, 3.8) is 0 Å². The molecule has 1 aliphatic carbocycles. The number of benzene rings is 2. The highest BCUT2D eigenvalue weighted by atomic mass is 32.2. The maximum absolute atomic E-state index is 13.1. The van der Waals surface area contributed by atoms with Gasteiger partial charge in [0.15, 0.2) is 0 Å². The number of piperidine rings is 1. The molecule has 182 valence electrons. The van der Waals surface area contributed by atoms with Gasteiger partial charge >= 0.3 is 12.1 Å². The van der Waals surface area contributed by atoms with E-state index in [1.54, 1.807) is 17.0 Å². The van der Waals surface area contributed by atoms with Crippen LogP contribution in [0.25, 0.3) is 0 Å². The lowest BCUT2D eigenvalue weighted by Crippen LogP contribution is -2.52. The standard InChI is InChI=1S/C25H29NO7S/c1-31-23(27)20-10-8-19(9-11-20)22-16-25(14-21(15-25)33-34(2,29)30)12-13-26(22)24(28)32-17-18-6-4-3-5-7-18/h3-11,21-22H,12-17H2,1-2H3/t21?,22-,25?/m0/s1. The summed E-state index contributed by atoms with van der Waals surface area (Å²) in [4.78, 5) is 26.6. The Morgan fingerprint density at radius 2 is 1.71 bits per heavy atom. The number of rotatable bonds is 6. The molecule has 0 radical (unpaired) electrons. The summed E-state index contributed by atoms with van der Waals surface area (Å²) in [7, 11) is -2.18. The molecule has 34 heavy (non-hydrogen) atoms. The first-order valence-corrected chi connectivity index (χ1v) is 13.0. The molecule has 1 heterocycles. The van der Waals surface area contributed by atoms with E-state index in [1.807, 2.05) is 42.5 Å². The third-order valence-electron chi connectivity index (χ3n) is 6.67. The third kappa shape index (κ3) is 5.59. The van der Waals surface area contributed by atoms with Gasteiger partial charge in [0.1, 0.15) is 6.61 Å². The second-order valence-corrected chi connectivity index (χ2v) is 10.7. The van der Waals surface area contributed by atoms with Crippen molar-refractivity contribution >= 4 is 22.2 Å². The zero-order valence-electron chi connectivity index (χ0n) is 19.3. The molecule has 1 saturated carbocycles. The Bertz CT molecular complexity index is 1130. The highest BCUT2D eigenvalue weighted by Crippen LogP contribution is 2.55. The van der Waals surface area contributed by atoms with E-state index in [2.05, 4.69) is 0 Å². The summed E-state index contributed by atoms with van der Waals surface area (Å²) in [5.41, 5.74) is 2.12. The number of hydrogen-bond acceptors (Lipinski definition) is 7. The maximum atomic E-state index is 13.1. The van der Waals surface area contributed by atoms with Crippen LogP contribution in [0.15, 0.2) is 54.6 Å². The molecule has 0 unspecified atom stereocenters. The van der Waals surface area contributed by atoms with Gasteiger partial charge in [0.2, 0.25) is 0 Å². The first-order valence-electron chi connectivity index (χ1n) is 11.2. The van der Waals surface area contributed by atoms with Crippen LogP contribution in [0.3, 0.4) is 0 Å². The van der Waals surface area contributed by atoms with Crippen LogP contribution in [0.5, 0.6) is 0 Å². The Hall–Kier alpha value is -2.91. The van der Waals surface area contributed by atoms with E-state index in [-0.39, 0.29) is 24.2 Å². The van der Waals surface area contributed by atoms with E-state index in [0.29, 0.717) is 31.4 Å². The number of amides is 1. The fourth-order valence-corrected chi connectivity index (χ4v) is 5.64. The number of nitrogens with zero attached hydrogens (tertiary/aromatic N) is 1. The predicted molar refractivity (Wildman–Crippen MR) is 124 cm³/mol. The first kappa shape index (κ1) is 24.2. The van der Waals surface area contributed by atoms with Crippen molar-refractivity contribution in [1.29, 1.82) is 0 Å². The van der Waals surface area contributed by atoms with Crippen molar-refractivity contribution in [2.45, 2.75) is 44.4 Å². The smallest absolute Gasteiger partial charge is 0.410 e. The second kappa shape index (κ2) is 9.76. The van der Waals surface area contributed by atoms with Gasteiger partial charge in [-0.25, -0.2) is 9.59 Å². The van der Waals surface area contributed by atoms with E-state index >= 15 is 0 Å². The fraction of sp³-hybridized carbons (Fsp3) is 0.440. The zero-order chi connectivity index (χ0) is 24.3. The van der Waals surface area contributed by atoms with Gasteiger partial charge in [-0.2, -0.15) is 8.42 Å². The van der Waals surface area contributed by atoms with Crippen LogP contribution in [0.4, 0.5) is 4.79 Å². The number of likely N-dealkylation sites (tertiary alicyclic amines) is 1. The van der Waals surface area contributed by atoms with Crippen LogP contribution in [0.2, 0.25) is 0 Å². The van der Waals surface area contributed by atoms with Crippen LogP contribution >= 0.6 is 0 Å². The van der Waals surface area contributed by atoms with Crippen molar-refractivity contribution < 1.29 is 31.7 Å². The number of carbonyl (C=O) groups is 2. The summed E-state index contributed by atoms with van der Waals surface area (Å²) in [6.07, 6.45) is 3.00. The lowest BCUT2D eigenvalue weighted by atomic mass is 9.59. The molecule has 0 aromatic heterocycles. The summed E-state index contributed by atoms with van der Waals surface area (Å²) in [5, 5.41) is 0. The van der Waals surface area contributed by atoms with Gasteiger partial charge in [-0.1, -0.05) is 42.5 Å². The molecule has 9 heteroatoms. The predicted octanol–water partition coefficient (Wildman–Crippen LogP) is 4.07. The number of hydrogen-bond donors (Lipinski definition) is 0. The van der Waals surface area contributed by atoms with Crippen LogP contribution in [0, 0.1) is 5.41 Å². The number of ether oxygens (including phenoxy) is 2. The summed E-state index contributed by atoms with van der Waals surface area (Å²) in [6.45, 7) is 0.669. The molecular weight excluding hydrogens is 458 g/mol. The normalized spacial score (nSPS) is 24.4. The molecule has 1 spiro atoms. The molecule has 8 nitrogen and oxygen atoms in total. The summed E-state index contributed by atoms with van der Waals surface area (Å²) < 4.78 is 38.6. The van der Waals surface area contributed by atoms with Crippen molar-refractivity contribution in [3.8, 4) is 0 Å². The largest absolute Gasteiger partial charge is 0.465 e. The molecule has 1 atom stereocenters. The molecule has 0 N–H and O–H groups in total. The van der Waals surface area contributed by atoms with E-state index in [1.165, 1.54) is 7.11 Å². The quantitative estimate of drug-likeness (QED) is 0.447. The van der Waals surface area contributed by atoms with Crippen molar-refractivity contribution in [1.82, 2.24) is 4.90 Å². The van der Waals surface area contributed by atoms with Crippen LogP contribution < -0.4 is 0 Å². The van der Waals surface area contributed by atoms with Crippen LogP contribution in [0.1, 0.15) is 53.2 Å². The van der Waals surface area contributed by atoms with Gasteiger partial charge in [0.25, 0.3) is 10.1 Å². The number of methoxy groups -OCH3 is 1.